The predicted molar refractivity (Wildman–Crippen MR) is 108 cm³/mol. The first-order valence-electron chi connectivity index (χ1n) is 9.68. The van der Waals surface area contributed by atoms with E-state index < -0.39 is 0 Å². The Bertz CT molecular complexity index is 1110. The summed E-state index contributed by atoms with van der Waals surface area (Å²) in [7, 11) is 0. The molecule has 4 aromatic rings. The van der Waals surface area contributed by atoms with Gasteiger partial charge in [0.2, 0.25) is 0 Å². The Kier molecular flexibility index (Phi) is 4.40. The van der Waals surface area contributed by atoms with Crippen molar-refractivity contribution >= 4 is 5.91 Å². The van der Waals surface area contributed by atoms with E-state index in [9.17, 15) is 4.79 Å². The van der Waals surface area contributed by atoms with E-state index in [4.69, 9.17) is 0 Å². The number of carbonyl (C=O) groups is 1. The summed E-state index contributed by atoms with van der Waals surface area (Å²) in [6.07, 6.45) is 5.77. The van der Waals surface area contributed by atoms with E-state index in [1.54, 1.807) is 15.6 Å². The molecule has 2 aromatic carbocycles. The van der Waals surface area contributed by atoms with Crippen LogP contribution in [0.2, 0.25) is 0 Å². The zero-order valence-electron chi connectivity index (χ0n) is 15.8. The molecule has 144 valence electrons. The normalized spacial score (nSPS) is 13.4. The van der Waals surface area contributed by atoms with Gasteiger partial charge < -0.3 is 5.32 Å². The third kappa shape index (κ3) is 3.54. The highest BCUT2D eigenvalue weighted by atomic mass is 16.2. The zero-order chi connectivity index (χ0) is 19.6. The molecule has 7 heteroatoms. The number of hydrogen-bond acceptors (Lipinski definition) is 4. The Morgan fingerprint density at radius 3 is 2.48 bits per heavy atom. The fourth-order valence-electron chi connectivity index (χ4n) is 3.39. The highest BCUT2D eigenvalue weighted by Crippen LogP contribution is 2.41. The Hall–Kier alpha value is -3.74. The van der Waals surface area contributed by atoms with E-state index in [2.05, 4.69) is 20.7 Å². The van der Waals surface area contributed by atoms with Crippen LogP contribution in [0.15, 0.2) is 73.1 Å². The van der Waals surface area contributed by atoms with Gasteiger partial charge in [0, 0.05) is 24.9 Å². The van der Waals surface area contributed by atoms with Gasteiger partial charge in [-0.15, -0.1) is 5.10 Å². The number of aromatic nitrogens is 5. The van der Waals surface area contributed by atoms with Gasteiger partial charge in [0.1, 0.15) is 0 Å². The van der Waals surface area contributed by atoms with E-state index in [-0.39, 0.29) is 5.91 Å². The average Bonchev–Trinajstić information content (AvgIpc) is 3.28. The number of nitrogens with zero attached hydrogens (tertiary/aromatic N) is 5. The molecule has 1 N–H and O–H groups in total. The fourth-order valence-corrected chi connectivity index (χ4v) is 3.39. The molecule has 0 aliphatic heterocycles. The van der Waals surface area contributed by atoms with Gasteiger partial charge in [-0.25, -0.2) is 9.36 Å². The molecule has 0 saturated heterocycles. The quantitative estimate of drug-likeness (QED) is 0.553. The first-order chi connectivity index (χ1) is 14.3. The molecule has 2 aromatic heterocycles. The third-order valence-corrected chi connectivity index (χ3v) is 5.04. The average molecular weight is 384 g/mol. The molecule has 0 unspecified atom stereocenters. The van der Waals surface area contributed by atoms with Gasteiger partial charge in [-0.05, 0) is 48.7 Å². The molecular formula is C22H20N6O. The van der Waals surface area contributed by atoms with Crippen LogP contribution in [0.4, 0.5) is 0 Å². The van der Waals surface area contributed by atoms with E-state index in [0.717, 1.165) is 35.5 Å². The van der Waals surface area contributed by atoms with Crippen molar-refractivity contribution in [1.29, 1.82) is 0 Å². The Balaban J connectivity index is 1.32. The molecular weight excluding hydrogens is 364 g/mol. The van der Waals surface area contributed by atoms with Crippen molar-refractivity contribution in [3.05, 3.63) is 90.0 Å². The lowest BCUT2D eigenvalue weighted by Crippen LogP contribution is -2.24. The molecule has 1 amide bonds. The van der Waals surface area contributed by atoms with Crippen LogP contribution in [0, 0.1) is 0 Å². The van der Waals surface area contributed by atoms with Crippen molar-refractivity contribution in [3.8, 4) is 11.4 Å². The highest BCUT2D eigenvalue weighted by molar-refractivity contribution is 5.93. The minimum absolute atomic E-state index is 0.190. The molecule has 1 saturated carbocycles. The predicted octanol–water partition coefficient (Wildman–Crippen LogP) is 3.26. The standard InChI is InChI=1S/C22H20N6O/c29-22(23-15-16-7-11-18(12-8-16)27-14-4-13-24-27)20-21(17-9-10-17)28(26-25-20)19-5-2-1-3-6-19/h1-8,11-14,17H,9-10,15H2,(H,23,29). The molecule has 29 heavy (non-hydrogen) atoms. The molecule has 5 rings (SSSR count). The molecule has 2 heterocycles. The van der Waals surface area contributed by atoms with Gasteiger partial charge in [0.25, 0.3) is 5.91 Å². The molecule has 0 atom stereocenters. The largest absolute Gasteiger partial charge is 0.347 e. The SMILES string of the molecule is O=C(NCc1ccc(-n2cccn2)cc1)c1nnn(-c2ccccc2)c1C1CC1. The van der Waals surface area contributed by atoms with Gasteiger partial charge in [-0.2, -0.15) is 5.10 Å². The summed E-state index contributed by atoms with van der Waals surface area (Å²) in [4.78, 5) is 12.8. The van der Waals surface area contributed by atoms with Crippen molar-refractivity contribution in [2.24, 2.45) is 0 Å². The topological polar surface area (TPSA) is 77.6 Å². The Morgan fingerprint density at radius 1 is 1.00 bits per heavy atom. The van der Waals surface area contributed by atoms with Crippen molar-refractivity contribution in [3.63, 3.8) is 0 Å². The van der Waals surface area contributed by atoms with Gasteiger partial charge in [-0.1, -0.05) is 35.5 Å². The van der Waals surface area contributed by atoms with Crippen molar-refractivity contribution in [2.75, 3.05) is 0 Å². The van der Waals surface area contributed by atoms with Crippen molar-refractivity contribution in [1.82, 2.24) is 30.1 Å². The summed E-state index contributed by atoms with van der Waals surface area (Å²) in [5.74, 6) is 0.157. The molecule has 0 bridgehead atoms. The van der Waals surface area contributed by atoms with Gasteiger partial charge >= 0.3 is 0 Å². The maximum Gasteiger partial charge on any atom is 0.274 e. The molecule has 1 aliphatic carbocycles. The molecule has 0 radical (unpaired) electrons. The second kappa shape index (κ2) is 7.35. The van der Waals surface area contributed by atoms with E-state index in [1.807, 2.05) is 66.9 Å². The number of hydrogen-bond donors (Lipinski definition) is 1. The Labute approximate surface area is 168 Å². The van der Waals surface area contributed by atoms with E-state index in [0.29, 0.717) is 18.2 Å². The first kappa shape index (κ1) is 17.4. The molecule has 1 fully saturated rings. The molecule has 7 nitrogen and oxygen atoms in total. The Morgan fingerprint density at radius 2 is 1.79 bits per heavy atom. The summed E-state index contributed by atoms with van der Waals surface area (Å²) >= 11 is 0. The maximum absolute atomic E-state index is 12.8. The maximum atomic E-state index is 12.8. The van der Waals surface area contributed by atoms with Crippen molar-refractivity contribution < 1.29 is 4.79 Å². The minimum atomic E-state index is -0.190. The summed E-state index contributed by atoms with van der Waals surface area (Å²) in [5.41, 5.74) is 4.24. The van der Waals surface area contributed by atoms with Gasteiger partial charge in [0.15, 0.2) is 5.69 Å². The lowest BCUT2D eigenvalue weighted by atomic mass is 10.2. The highest BCUT2D eigenvalue weighted by Gasteiger charge is 2.34. The summed E-state index contributed by atoms with van der Waals surface area (Å²) in [6, 6.07) is 19.6. The summed E-state index contributed by atoms with van der Waals surface area (Å²) in [6.45, 7) is 0.431. The molecule has 0 spiro atoms. The van der Waals surface area contributed by atoms with Gasteiger partial charge in [0.05, 0.1) is 17.1 Å². The van der Waals surface area contributed by atoms with Gasteiger partial charge in [-0.3, -0.25) is 4.79 Å². The lowest BCUT2D eigenvalue weighted by Gasteiger charge is -2.08. The minimum Gasteiger partial charge on any atom is -0.347 e. The zero-order valence-corrected chi connectivity index (χ0v) is 15.8. The number of amides is 1. The third-order valence-electron chi connectivity index (χ3n) is 5.04. The first-order valence-corrected chi connectivity index (χ1v) is 9.68. The van der Waals surface area contributed by atoms with Crippen LogP contribution >= 0.6 is 0 Å². The van der Waals surface area contributed by atoms with E-state index in [1.165, 1.54) is 0 Å². The summed E-state index contributed by atoms with van der Waals surface area (Å²) < 4.78 is 3.59. The number of para-hydroxylation sites is 1. The molecule has 1 aliphatic rings. The van der Waals surface area contributed by atoms with Crippen LogP contribution in [-0.4, -0.2) is 30.7 Å². The van der Waals surface area contributed by atoms with Crippen LogP contribution in [0.1, 0.15) is 40.5 Å². The van der Waals surface area contributed by atoms with Crippen LogP contribution in [0.25, 0.3) is 11.4 Å². The monoisotopic (exact) mass is 384 g/mol. The van der Waals surface area contributed by atoms with Crippen LogP contribution in [0.3, 0.4) is 0 Å². The van der Waals surface area contributed by atoms with Crippen LogP contribution in [0.5, 0.6) is 0 Å². The second-order valence-corrected chi connectivity index (χ2v) is 7.14. The number of nitrogens with one attached hydrogen (secondary N) is 1. The number of benzene rings is 2. The van der Waals surface area contributed by atoms with Crippen LogP contribution < -0.4 is 5.32 Å². The van der Waals surface area contributed by atoms with Crippen molar-refractivity contribution in [2.45, 2.75) is 25.3 Å². The number of carbonyl (C=O) groups excluding carboxylic acids is 1. The van der Waals surface area contributed by atoms with E-state index >= 15 is 0 Å². The lowest BCUT2D eigenvalue weighted by molar-refractivity contribution is 0.0945. The smallest absolute Gasteiger partial charge is 0.274 e. The number of rotatable bonds is 6. The fraction of sp³-hybridized carbons (Fsp3) is 0.182. The summed E-state index contributed by atoms with van der Waals surface area (Å²) in [5, 5.41) is 15.7. The second-order valence-electron chi connectivity index (χ2n) is 7.14. The van der Waals surface area contributed by atoms with Crippen LogP contribution in [-0.2, 0) is 6.54 Å².